The van der Waals surface area contributed by atoms with Crippen molar-refractivity contribution < 1.29 is 14.3 Å². The second-order valence-corrected chi connectivity index (χ2v) is 7.47. The normalized spacial score (nSPS) is 18.0. The lowest BCUT2D eigenvalue weighted by Crippen LogP contribution is -2.41. The van der Waals surface area contributed by atoms with Crippen molar-refractivity contribution in [3.05, 3.63) is 29.8 Å². The van der Waals surface area contributed by atoms with Crippen molar-refractivity contribution in [3.63, 3.8) is 0 Å². The van der Waals surface area contributed by atoms with Gasteiger partial charge in [-0.3, -0.25) is 4.79 Å². The van der Waals surface area contributed by atoms with Gasteiger partial charge in [-0.15, -0.1) is 0 Å². The zero-order valence-electron chi connectivity index (χ0n) is 16.2. The molecule has 0 atom stereocenters. The minimum absolute atomic E-state index is 0.0490. The number of fused-ring (bicyclic) bond motifs is 2. The molecule has 0 bridgehead atoms. The lowest BCUT2D eigenvalue weighted by molar-refractivity contribution is -0.180. The molecule has 1 spiro atoms. The van der Waals surface area contributed by atoms with E-state index in [0.29, 0.717) is 13.2 Å². The first kappa shape index (κ1) is 19.4. The van der Waals surface area contributed by atoms with Gasteiger partial charge in [0.25, 0.3) is 11.7 Å². The number of carbonyl (C=O) groups is 1. The van der Waals surface area contributed by atoms with E-state index in [4.69, 9.17) is 9.47 Å². The molecular weight excluding hydrogens is 326 g/mol. The Hall–Kier alpha value is -1.39. The molecule has 1 aromatic carbocycles. The fourth-order valence-electron chi connectivity index (χ4n) is 4.06. The van der Waals surface area contributed by atoms with Crippen LogP contribution in [0.25, 0.3) is 0 Å². The maximum Gasteiger partial charge on any atom is 0.292 e. The molecule has 1 fully saturated rings. The van der Waals surface area contributed by atoms with Crippen LogP contribution in [0.1, 0.15) is 76.7 Å². The first-order chi connectivity index (χ1) is 12.8. The highest BCUT2D eigenvalue weighted by atomic mass is 16.7. The summed E-state index contributed by atoms with van der Waals surface area (Å²) in [6.07, 6.45) is 13.0. The lowest BCUT2D eigenvalue weighted by atomic mass is 10.1. The maximum absolute atomic E-state index is 13.0. The van der Waals surface area contributed by atoms with Crippen molar-refractivity contribution >= 4 is 11.6 Å². The average molecular weight is 360 g/mol. The summed E-state index contributed by atoms with van der Waals surface area (Å²) in [4.78, 5) is 14.8. The number of benzene rings is 1. The molecule has 0 N–H and O–H groups in total. The highest BCUT2D eigenvalue weighted by molar-refractivity contribution is 6.06. The van der Waals surface area contributed by atoms with Crippen LogP contribution in [0.15, 0.2) is 24.3 Å². The molecule has 144 valence electrons. The van der Waals surface area contributed by atoms with Crippen molar-refractivity contribution in [2.24, 2.45) is 0 Å². The van der Waals surface area contributed by atoms with Crippen LogP contribution in [0.3, 0.4) is 0 Å². The maximum atomic E-state index is 13.0. The summed E-state index contributed by atoms with van der Waals surface area (Å²) in [5.41, 5.74) is 1.82. The molecule has 2 heterocycles. The highest BCUT2D eigenvalue weighted by Crippen LogP contribution is 2.45. The van der Waals surface area contributed by atoms with Gasteiger partial charge >= 0.3 is 0 Å². The molecule has 2 aliphatic rings. The third-order valence-corrected chi connectivity index (χ3v) is 5.51. The molecule has 0 saturated carbocycles. The van der Waals surface area contributed by atoms with E-state index < -0.39 is 5.79 Å². The summed E-state index contributed by atoms with van der Waals surface area (Å²) < 4.78 is 11.5. The van der Waals surface area contributed by atoms with Gasteiger partial charge in [-0.05, 0) is 12.5 Å². The number of carbonyl (C=O) groups excluding carboxylic acids is 1. The summed E-state index contributed by atoms with van der Waals surface area (Å²) in [5, 5.41) is 0. The number of para-hydroxylation sites is 1. The smallest absolute Gasteiger partial charge is 0.292 e. The van der Waals surface area contributed by atoms with Crippen LogP contribution in [-0.4, -0.2) is 25.7 Å². The van der Waals surface area contributed by atoms with Crippen LogP contribution in [0.4, 0.5) is 5.69 Å². The first-order valence-corrected chi connectivity index (χ1v) is 10.5. The largest absolute Gasteiger partial charge is 0.336 e. The van der Waals surface area contributed by atoms with Crippen LogP contribution < -0.4 is 4.90 Å². The van der Waals surface area contributed by atoms with Gasteiger partial charge in [-0.1, -0.05) is 82.9 Å². The second-order valence-electron chi connectivity index (χ2n) is 7.47. The third kappa shape index (κ3) is 4.12. The van der Waals surface area contributed by atoms with Crippen LogP contribution in [0, 0.1) is 0 Å². The van der Waals surface area contributed by atoms with Crippen molar-refractivity contribution in [2.45, 2.75) is 76.9 Å². The standard InChI is InChI=1S/C22H33NO3/c1-2-3-4-5-6-7-8-9-10-13-16-23-20-15-12-11-14-19(20)22(21(23)24)25-17-18-26-22/h11-12,14-15H,2-10,13,16-18H2,1H3. The quantitative estimate of drug-likeness (QED) is 0.513. The van der Waals surface area contributed by atoms with Gasteiger partial charge in [0, 0.05) is 12.1 Å². The molecule has 3 rings (SSSR count). The van der Waals surface area contributed by atoms with E-state index in [1.807, 2.05) is 29.2 Å². The predicted octanol–water partition coefficient (Wildman–Crippen LogP) is 5.15. The Bertz CT molecular complexity index is 581. The summed E-state index contributed by atoms with van der Waals surface area (Å²) >= 11 is 0. The highest BCUT2D eigenvalue weighted by Gasteiger charge is 2.55. The molecule has 4 nitrogen and oxygen atoms in total. The third-order valence-electron chi connectivity index (χ3n) is 5.51. The summed E-state index contributed by atoms with van der Waals surface area (Å²) in [6.45, 7) is 3.97. The Morgan fingerprint density at radius 3 is 2.12 bits per heavy atom. The Kier molecular flexibility index (Phi) is 7.09. The van der Waals surface area contributed by atoms with E-state index in [9.17, 15) is 4.79 Å². The Labute approximate surface area is 157 Å². The zero-order chi connectivity index (χ0) is 18.2. The number of amides is 1. The van der Waals surface area contributed by atoms with Crippen LogP contribution >= 0.6 is 0 Å². The Balaban J connectivity index is 1.41. The molecular formula is C22H33NO3. The van der Waals surface area contributed by atoms with Crippen molar-refractivity contribution in [3.8, 4) is 0 Å². The average Bonchev–Trinajstić information content (AvgIpc) is 3.24. The van der Waals surface area contributed by atoms with Crippen LogP contribution in [0.2, 0.25) is 0 Å². The first-order valence-electron chi connectivity index (χ1n) is 10.5. The molecule has 0 unspecified atom stereocenters. The van der Waals surface area contributed by atoms with Gasteiger partial charge in [0.1, 0.15) is 0 Å². The van der Waals surface area contributed by atoms with Gasteiger partial charge < -0.3 is 14.4 Å². The number of ether oxygens (including phenoxy) is 2. The Morgan fingerprint density at radius 1 is 0.885 bits per heavy atom. The summed E-state index contributed by atoms with van der Waals surface area (Å²) in [6, 6.07) is 7.88. The summed E-state index contributed by atoms with van der Waals surface area (Å²) in [5.74, 6) is -1.22. The van der Waals surface area contributed by atoms with E-state index >= 15 is 0 Å². The fraction of sp³-hybridized carbons (Fsp3) is 0.682. The van der Waals surface area contributed by atoms with E-state index in [2.05, 4.69) is 6.92 Å². The van der Waals surface area contributed by atoms with Crippen LogP contribution in [-0.2, 0) is 20.1 Å². The predicted molar refractivity (Wildman–Crippen MR) is 104 cm³/mol. The molecule has 4 heteroatoms. The minimum Gasteiger partial charge on any atom is -0.336 e. The fourth-order valence-corrected chi connectivity index (χ4v) is 4.06. The molecule has 0 radical (unpaired) electrons. The SMILES string of the molecule is CCCCCCCCCCCCN1C(=O)C2(OCCO2)c2ccccc21. The number of nitrogens with zero attached hydrogens (tertiary/aromatic N) is 1. The molecule has 1 saturated heterocycles. The molecule has 0 aliphatic carbocycles. The number of rotatable bonds is 11. The van der Waals surface area contributed by atoms with E-state index in [1.165, 1.54) is 57.8 Å². The number of hydrogen-bond donors (Lipinski definition) is 0. The molecule has 0 aromatic heterocycles. The van der Waals surface area contributed by atoms with E-state index in [0.717, 1.165) is 24.2 Å². The van der Waals surface area contributed by atoms with Crippen molar-refractivity contribution in [1.29, 1.82) is 0 Å². The van der Waals surface area contributed by atoms with Crippen molar-refractivity contribution in [2.75, 3.05) is 24.7 Å². The number of anilines is 1. The Morgan fingerprint density at radius 2 is 1.46 bits per heavy atom. The van der Waals surface area contributed by atoms with E-state index in [-0.39, 0.29) is 5.91 Å². The number of unbranched alkanes of at least 4 members (excludes halogenated alkanes) is 9. The van der Waals surface area contributed by atoms with Gasteiger partial charge in [-0.2, -0.15) is 0 Å². The van der Waals surface area contributed by atoms with Gasteiger partial charge in [0.2, 0.25) is 0 Å². The van der Waals surface area contributed by atoms with Crippen molar-refractivity contribution in [1.82, 2.24) is 0 Å². The molecule has 1 aromatic rings. The molecule has 26 heavy (non-hydrogen) atoms. The summed E-state index contributed by atoms with van der Waals surface area (Å²) in [7, 11) is 0. The molecule has 1 amide bonds. The van der Waals surface area contributed by atoms with Gasteiger partial charge in [-0.25, -0.2) is 0 Å². The van der Waals surface area contributed by atoms with Gasteiger partial charge in [0.05, 0.1) is 18.9 Å². The zero-order valence-corrected chi connectivity index (χ0v) is 16.2. The van der Waals surface area contributed by atoms with Crippen LogP contribution in [0.5, 0.6) is 0 Å². The second kappa shape index (κ2) is 9.52. The minimum atomic E-state index is -1.17. The lowest BCUT2D eigenvalue weighted by Gasteiger charge is -2.22. The monoisotopic (exact) mass is 359 g/mol. The van der Waals surface area contributed by atoms with E-state index in [1.54, 1.807) is 0 Å². The van der Waals surface area contributed by atoms with Gasteiger partial charge in [0.15, 0.2) is 0 Å². The number of hydrogen-bond acceptors (Lipinski definition) is 3. The topological polar surface area (TPSA) is 38.8 Å². The molecule has 2 aliphatic heterocycles.